The van der Waals surface area contributed by atoms with Crippen LogP contribution in [-0.4, -0.2) is 51.4 Å². The van der Waals surface area contributed by atoms with Gasteiger partial charge in [0, 0.05) is 18.7 Å². The molecule has 4 rings (SSSR count). The van der Waals surface area contributed by atoms with Gasteiger partial charge in [-0.1, -0.05) is 25.1 Å². The van der Waals surface area contributed by atoms with Crippen LogP contribution in [0.2, 0.25) is 0 Å². The Kier molecular flexibility index (Phi) is 7.72. The van der Waals surface area contributed by atoms with Gasteiger partial charge in [0.15, 0.2) is 18.1 Å². The van der Waals surface area contributed by atoms with Crippen molar-refractivity contribution in [2.24, 2.45) is 7.05 Å². The zero-order valence-electron chi connectivity index (χ0n) is 20.6. The van der Waals surface area contributed by atoms with E-state index in [0.717, 1.165) is 0 Å². The van der Waals surface area contributed by atoms with Gasteiger partial charge in [0.1, 0.15) is 5.65 Å². The largest absolute Gasteiger partial charge is 0.481 e. The van der Waals surface area contributed by atoms with Crippen molar-refractivity contribution in [3.63, 3.8) is 0 Å². The summed E-state index contributed by atoms with van der Waals surface area (Å²) in [7, 11) is 1.54. The number of alkyl halides is 3. The van der Waals surface area contributed by atoms with Crippen molar-refractivity contribution in [3.8, 4) is 5.75 Å². The van der Waals surface area contributed by atoms with Crippen LogP contribution in [0.5, 0.6) is 5.75 Å². The van der Waals surface area contributed by atoms with Crippen LogP contribution in [0.25, 0.3) is 11.0 Å². The topological polar surface area (TPSA) is 105 Å². The molecule has 0 atom stereocenters. The lowest BCUT2D eigenvalue weighted by molar-refractivity contribution is -0.153. The molecule has 1 aromatic carbocycles. The average molecular weight is 519 g/mol. The minimum atomic E-state index is -4.63. The second-order valence-corrected chi connectivity index (χ2v) is 9.15. The van der Waals surface area contributed by atoms with E-state index in [1.54, 1.807) is 30.3 Å². The monoisotopic (exact) mass is 518 g/mol. The highest BCUT2D eigenvalue weighted by Gasteiger charge is 2.33. The highest BCUT2D eigenvalue weighted by Crippen LogP contribution is 2.36. The number of nitrogens with one attached hydrogen (secondary N) is 2. The molecule has 0 unspecified atom stereocenters. The Hall–Kier alpha value is -3.60. The molecule has 37 heavy (non-hydrogen) atoms. The van der Waals surface area contributed by atoms with E-state index in [2.05, 4.69) is 15.6 Å². The summed E-state index contributed by atoms with van der Waals surface area (Å²) in [6, 6.07) is 9.77. The molecule has 1 aliphatic rings. The van der Waals surface area contributed by atoms with Crippen LogP contribution in [-0.2, 0) is 13.5 Å². The normalized spacial score (nSPS) is 18.0. The molecule has 1 saturated carbocycles. The molecule has 1 aliphatic carbocycles. The Bertz CT molecular complexity index is 1280. The first-order valence-corrected chi connectivity index (χ1v) is 12.1. The van der Waals surface area contributed by atoms with Gasteiger partial charge in [-0.05, 0) is 50.3 Å². The summed E-state index contributed by atoms with van der Waals surface area (Å²) in [6.07, 6.45) is -2.44. The minimum absolute atomic E-state index is 0.0912. The molecule has 0 spiro atoms. The lowest BCUT2D eigenvalue weighted by Crippen LogP contribution is -2.39. The Morgan fingerprint density at radius 2 is 1.81 bits per heavy atom. The van der Waals surface area contributed by atoms with Gasteiger partial charge in [-0.3, -0.25) is 9.59 Å². The van der Waals surface area contributed by atoms with E-state index in [0.29, 0.717) is 49.0 Å². The third-order valence-corrected chi connectivity index (χ3v) is 6.44. The Morgan fingerprint density at radius 3 is 2.43 bits per heavy atom. The maximum Gasteiger partial charge on any atom is 0.422 e. The summed E-state index contributed by atoms with van der Waals surface area (Å²) in [5, 5.41) is 15.6. The molecule has 2 heterocycles. The number of carbonyl (C=O) groups excluding carboxylic acids is 2. The van der Waals surface area contributed by atoms with Gasteiger partial charge in [-0.25, -0.2) is 4.98 Å². The van der Waals surface area contributed by atoms with Crippen molar-refractivity contribution in [2.45, 2.75) is 57.3 Å². The lowest BCUT2D eigenvalue weighted by atomic mass is 9.93. The highest BCUT2D eigenvalue weighted by molar-refractivity contribution is 6.07. The number of benzene rings is 1. The number of halogens is 3. The fourth-order valence-corrected chi connectivity index (χ4v) is 4.54. The summed E-state index contributed by atoms with van der Waals surface area (Å²) in [4.78, 5) is 30.6. The van der Waals surface area contributed by atoms with Crippen molar-refractivity contribution in [1.29, 1.82) is 0 Å². The van der Waals surface area contributed by atoms with E-state index in [1.165, 1.54) is 17.7 Å². The Balaban J connectivity index is 1.75. The number of ether oxygens (including phenoxy) is 1. The number of nitrogens with zero attached hydrogens (tertiary/aromatic N) is 2. The first-order valence-electron chi connectivity index (χ1n) is 12.1. The molecule has 3 aromatic rings. The molecule has 198 valence electrons. The van der Waals surface area contributed by atoms with Gasteiger partial charge < -0.3 is 25.0 Å². The van der Waals surface area contributed by atoms with E-state index in [-0.39, 0.29) is 28.5 Å². The van der Waals surface area contributed by atoms with Gasteiger partial charge in [0.2, 0.25) is 0 Å². The van der Waals surface area contributed by atoms with Gasteiger partial charge in [-0.2, -0.15) is 13.2 Å². The molecule has 1 fully saturated rings. The third kappa shape index (κ3) is 6.04. The third-order valence-electron chi connectivity index (χ3n) is 6.44. The molecule has 8 nitrogen and oxygen atoms in total. The predicted octanol–water partition coefficient (Wildman–Crippen LogP) is 4.36. The Labute approximate surface area is 211 Å². The molecule has 2 aromatic heterocycles. The van der Waals surface area contributed by atoms with Crippen molar-refractivity contribution in [3.05, 3.63) is 53.3 Å². The van der Waals surface area contributed by atoms with Crippen LogP contribution in [0.1, 0.15) is 59.1 Å². The number of aromatic nitrogens is 2. The Morgan fingerprint density at radius 1 is 1.14 bits per heavy atom. The number of anilines is 1. The fraction of sp³-hybridized carbons (Fsp3) is 0.423. The first kappa shape index (κ1) is 26.5. The number of aliphatic hydroxyl groups is 1. The highest BCUT2D eigenvalue weighted by atomic mass is 19.4. The van der Waals surface area contributed by atoms with Crippen molar-refractivity contribution >= 4 is 28.5 Å². The number of carbonyl (C=O) groups is 2. The number of rotatable bonds is 7. The van der Waals surface area contributed by atoms with Crippen LogP contribution in [0.3, 0.4) is 0 Å². The molecule has 3 N–H and O–H groups in total. The van der Waals surface area contributed by atoms with Crippen molar-refractivity contribution in [1.82, 2.24) is 14.9 Å². The van der Waals surface area contributed by atoms with Gasteiger partial charge in [-0.15, -0.1) is 0 Å². The number of hydrogen-bond acceptors (Lipinski definition) is 5. The second kappa shape index (κ2) is 10.8. The number of hydrogen-bond donors (Lipinski definition) is 3. The standard InChI is InChI=1S/C26H29F3N4O4/c1-3-19-20(32-24(35)15-7-5-4-6-8-15)13-18-22(37-14-26(27,28)29)21(33(2)23(18)31-19)25(36)30-16-9-11-17(34)12-10-16/h4-8,13,16-17,34H,3,9-12,14H2,1-2H3,(H,30,36)(H,32,35)/t16-,17-. The molecule has 0 aliphatic heterocycles. The van der Waals surface area contributed by atoms with Crippen LogP contribution >= 0.6 is 0 Å². The maximum atomic E-state index is 13.3. The van der Waals surface area contributed by atoms with Crippen molar-refractivity contribution in [2.75, 3.05) is 11.9 Å². The lowest BCUT2D eigenvalue weighted by Gasteiger charge is -2.26. The zero-order valence-corrected chi connectivity index (χ0v) is 20.6. The van der Waals surface area contributed by atoms with E-state index in [4.69, 9.17) is 4.74 Å². The molecule has 2 amide bonds. The molecule has 0 bridgehead atoms. The molecule has 11 heteroatoms. The fourth-order valence-electron chi connectivity index (χ4n) is 4.54. The minimum Gasteiger partial charge on any atom is -0.481 e. The predicted molar refractivity (Wildman–Crippen MR) is 132 cm³/mol. The number of pyridine rings is 1. The number of aliphatic hydroxyl groups excluding tert-OH is 1. The number of amides is 2. The zero-order chi connectivity index (χ0) is 26.7. The van der Waals surface area contributed by atoms with E-state index >= 15 is 0 Å². The van der Waals surface area contributed by atoms with E-state index in [1.807, 2.05) is 6.92 Å². The van der Waals surface area contributed by atoms with Crippen LogP contribution in [0, 0.1) is 0 Å². The smallest absolute Gasteiger partial charge is 0.422 e. The maximum absolute atomic E-state index is 13.3. The van der Waals surface area contributed by atoms with Gasteiger partial charge >= 0.3 is 6.18 Å². The van der Waals surface area contributed by atoms with Crippen LogP contribution < -0.4 is 15.4 Å². The van der Waals surface area contributed by atoms with Crippen LogP contribution in [0.15, 0.2) is 36.4 Å². The number of aryl methyl sites for hydroxylation is 2. The van der Waals surface area contributed by atoms with Gasteiger partial charge in [0.25, 0.3) is 11.8 Å². The van der Waals surface area contributed by atoms with Crippen LogP contribution in [0.4, 0.5) is 18.9 Å². The number of fused-ring (bicyclic) bond motifs is 1. The second-order valence-electron chi connectivity index (χ2n) is 9.15. The molecule has 0 radical (unpaired) electrons. The summed E-state index contributed by atoms with van der Waals surface area (Å²) < 4.78 is 46.0. The summed E-state index contributed by atoms with van der Waals surface area (Å²) in [6.45, 7) is 0.241. The average Bonchev–Trinajstić information content (AvgIpc) is 3.14. The summed E-state index contributed by atoms with van der Waals surface area (Å²) >= 11 is 0. The quantitative estimate of drug-likeness (QED) is 0.431. The van der Waals surface area contributed by atoms with E-state index < -0.39 is 30.7 Å². The van der Waals surface area contributed by atoms with Gasteiger partial charge in [0.05, 0.1) is 22.9 Å². The van der Waals surface area contributed by atoms with Crippen molar-refractivity contribution < 1.29 is 32.6 Å². The first-order chi connectivity index (χ1) is 17.6. The molecular formula is C26H29F3N4O4. The summed E-state index contributed by atoms with van der Waals surface area (Å²) in [5.74, 6) is -1.25. The summed E-state index contributed by atoms with van der Waals surface area (Å²) in [5.41, 5.74) is 1.40. The molecular weight excluding hydrogens is 489 g/mol. The molecule has 0 saturated heterocycles. The van der Waals surface area contributed by atoms with E-state index in [9.17, 15) is 27.9 Å². The SMILES string of the molecule is CCc1nc2c(cc1NC(=O)c1ccccc1)c(OCC(F)(F)F)c(C(=O)N[C@H]1CC[C@H](O)CC1)n2C.